The summed E-state index contributed by atoms with van der Waals surface area (Å²) < 4.78 is 42.7. The van der Waals surface area contributed by atoms with Gasteiger partial charge in [0.1, 0.15) is 5.82 Å². The molecule has 4 rings (SSSR count). The standard InChI is InChI=1S/C19H18ClFN6O3S/c1-12-23-24-25-27(12)13-4-7-17(21)18(10-13)22-19(28)15-11-14(5-6-16(15)20)31(29,30)26-8-2-3-9-26/h4-7,10-11H,2-3,8-9H2,1H3,(H,22,28). The van der Waals surface area contributed by atoms with Gasteiger partial charge in [0.05, 0.1) is 26.9 Å². The number of hydrogen-bond donors (Lipinski definition) is 1. The number of hydrogen-bond acceptors (Lipinski definition) is 6. The van der Waals surface area contributed by atoms with Crippen LogP contribution in [0, 0.1) is 12.7 Å². The fraction of sp³-hybridized carbons (Fsp3) is 0.263. The van der Waals surface area contributed by atoms with Gasteiger partial charge in [-0.15, -0.1) is 5.10 Å². The molecule has 0 radical (unpaired) electrons. The highest BCUT2D eigenvalue weighted by Gasteiger charge is 2.28. The normalized spacial score (nSPS) is 14.7. The molecule has 31 heavy (non-hydrogen) atoms. The highest BCUT2D eigenvalue weighted by molar-refractivity contribution is 7.89. The molecular weight excluding hydrogens is 447 g/mol. The van der Waals surface area contributed by atoms with Crippen molar-refractivity contribution in [1.82, 2.24) is 24.5 Å². The Balaban J connectivity index is 1.64. The minimum atomic E-state index is -3.74. The Morgan fingerprint density at radius 2 is 1.90 bits per heavy atom. The van der Waals surface area contributed by atoms with Crippen LogP contribution in [0.2, 0.25) is 5.02 Å². The number of halogens is 2. The number of carbonyl (C=O) groups excluding carboxylic acids is 1. The van der Waals surface area contributed by atoms with Crippen molar-refractivity contribution < 1.29 is 17.6 Å². The molecule has 0 atom stereocenters. The molecule has 1 N–H and O–H groups in total. The molecule has 1 fully saturated rings. The lowest BCUT2D eigenvalue weighted by atomic mass is 10.2. The van der Waals surface area contributed by atoms with Gasteiger partial charge in [-0.2, -0.15) is 8.99 Å². The van der Waals surface area contributed by atoms with Crippen LogP contribution in [0.3, 0.4) is 0 Å². The van der Waals surface area contributed by atoms with E-state index < -0.39 is 21.7 Å². The quantitative estimate of drug-likeness (QED) is 0.621. The van der Waals surface area contributed by atoms with Crippen molar-refractivity contribution in [3.05, 3.63) is 58.6 Å². The molecule has 162 valence electrons. The summed E-state index contributed by atoms with van der Waals surface area (Å²) >= 11 is 6.15. The number of aromatic nitrogens is 4. The molecule has 0 unspecified atom stereocenters. The van der Waals surface area contributed by atoms with Crippen LogP contribution in [-0.4, -0.2) is 51.9 Å². The first kappa shape index (κ1) is 21.3. The van der Waals surface area contributed by atoms with Crippen LogP contribution in [0.1, 0.15) is 29.0 Å². The monoisotopic (exact) mass is 464 g/mol. The second kappa shape index (κ2) is 8.33. The van der Waals surface area contributed by atoms with Crippen LogP contribution >= 0.6 is 11.6 Å². The van der Waals surface area contributed by atoms with Crippen LogP contribution in [0.25, 0.3) is 5.69 Å². The minimum Gasteiger partial charge on any atom is -0.319 e. The van der Waals surface area contributed by atoms with E-state index in [2.05, 4.69) is 20.8 Å². The van der Waals surface area contributed by atoms with Gasteiger partial charge in [0.15, 0.2) is 5.82 Å². The molecule has 1 aliphatic rings. The van der Waals surface area contributed by atoms with E-state index in [4.69, 9.17) is 11.6 Å². The van der Waals surface area contributed by atoms with E-state index in [1.807, 2.05) is 0 Å². The Kier molecular flexibility index (Phi) is 5.73. The maximum Gasteiger partial charge on any atom is 0.257 e. The molecular formula is C19H18ClFN6O3S. The number of carbonyl (C=O) groups is 1. The summed E-state index contributed by atoms with van der Waals surface area (Å²) in [6, 6.07) is 7.91. The molecule has 12 heteroatoms. The smallest absolute Gasteiger partial charge is 0.257 e. The Morgan fingerprint density at radius 3 is 2.58 bits per heavy atom. The van der Waals surface area contributed by atoms with Gasteiger partial charge in [-0.1, -0.05) is 11.6 Å². The summed E-state index contributed by atoms with van der Waals surface area (Å²) in [5.41, 5.74) is 0.238. The SMILES string of the molecule is Cc1nnnn1-c1ccc(F)c(NC(=O)c2cc(S(=O)(=O)N3CCCC3)ccc2Cl)c1. The minimum absolute atomic E-state index is 0.0394. The van der Waals surface area contributed by atoms with Crippen molar-refractivity contribution >= 4 is 33.2 Å². The largest absolute Gasteiger partial charge is 0.319 e. The first-order valence-corrected chi connectivity index (χ1v) is 11.2. The molecule has 1 aliphatic heterocycles. The Morgan fingerprint density at radius 1 is 1.16 bits per heavy atom. The van der Waals surface area contributed by atoms with Crippen molar-refractivity contribution in [2.24, 2.45) is 0 Å². The number of sulfonamides is 1. The van der Waals surface area contributed by atoms with Gasteiger partial charge in [-0.25, -0.2) is 12.8 Å². The lowest BCUT2D eigenvalue weighted by Gasteiger charge is -2.16. The van der Waals surface area contributed by atoms with Gasteiger partial charge < -0.3 is 5.32 Å². The molecule has 0 bridgehead atoms. The van der Waals surface area contributed by atoms with Crippen LogP contribution in [0.4, 0.5) is 10.1 Å². The number of aryl methyl sites for hydroxylation is 1. The Hall–Kier alpha value is -2.89. The maximum atomic E-state index is 14.4. The van der Waals surface area contributed by atoms with E-state index >= 15 is 0 Å². The highest BCUT2D eigenvalue weighted by Crippen LogP contribution is 2.27. The van der Waals surface area contributed by atoms with Crippen LogP contribution < -0.4 is 5.32 Å². The zero-order chi connectivity index (χ0) is 22.2. The summed E-state index contributed by atoms with van der Waals surface area (Å²) in [5.74, 6) is -0.945. The third-order valence-electron chi connectivity index (χ3n) is 4.95. The Labute approximate surface area is 182 Å². The van der Waals surface area contributed by atoms with Gasteiger partial charge in [0.25, 0.3) is 5.91 Å². The van der Waals surface area contributed by atoms with Crippen molar-refractivity contribution in [1.29, 1.82) is 0 Å². The number of nitrogens with one attached hydrogen (secondary N) is 1. The van der Waals surface area contributed by atoms with Crippen LogP contribution in [-0.2, 0) is 10.0 Å². The number of rotatable bonds is 5. The number of tetrazole rings is 1. The average Bonchev–Trinajstić information content (AvgIpc) is 3.42. The zero-order valence-electron chi connectivity index (χ0n) is 16.4. The van der Waals surface area contributed by atoms with Crippen molar-refractivity contribution in [3.8, 4) is 5.69 Å². The van der Waals surface area contributed by atoms with Gasteiger partial charge in [0, 0.05) is 13.1 Å². The lowest BCUT2D eigenvalue weighted by molar-refractivity contribution is 0.102. The second-order valence-electron chi connectivity index (χ2n) is 7.01. The molecule has 2 heterocycles. The summed E-state index contributed by atoms with van der Waals surface area (Å²) in [6.07, 6.45) is 1.58. The maximum absolute atomic E-state index is 14.4. The number of nitrogens with zero attached hydrogens (tertiary/aromatic N) is 5. The van der Waals surface area contributed by atoms with Crippen molar-refractivity contribution in [2.45, 2.75) is 24.7 Å². The summed E-state index contributed by atoms with van der Waals surface area (Å²) in [5, 5.41) is 13.6. The van der Waals surface area contributed by atoms with Gasteiger partial charge >= 0.3 is 0 Å². The Bertz CT molecular complexity index is 1260. The predicted octanol–water partition coefficient (Wildman–Crippen LogP) is 2.80. The molecule has 1 amide bonds. The van der Waals surface area contributed by atoms with Crippen molar-refractivity contribution in [3.63, 3.8) is 0 Å². The van der Waals surface area contributed by atoms with Gasteiger partial charge in [-0.3, -0.25) is 4.79 Å². The van der Waals surface area contributed by atoms with E-state index in [1.54, 1.807) is 6.92 Å². The fourth-order valence-electron chi connectivity index (χ4n) is 3.32. The molecule has 9 nitrogen and oxygen atoms in total. The molecule has 3 aromatic rings. The molecule has 0 saturated carbocycles. The highest BCUT2D eigenvalue weighted by atomic mass is 35.5. The molecule has 0 aliphatic carbocycles. The lowest BCUT2D eigenvalue weighted by Crippen LogP contribution is -2.28. The zero-order valence-corrected chi connectivity index (χ0v) is 18.0. The van der Waals surface area contributed by atoms with E-state index in [0.717, 1.165) is 12.8 Å². The average molecular weight is 465 g/mol. The molecule has 1 aromatic heterocycles. The second-order valence-corrected chi connectivity index (χ2v) is 9.35. The van der Waals surface area contributed by atoms with E-state index in [1.165, 1.54) is 45.4 Å². The third kappa shape index (κ3) is 4.16. The molecule has 0 spiro atoms. The first-order valence-electron chi connectivity index (χ1n) is 9.43. The topological polar surface area (TPSA) is 110 Å². The third-order valence-corrected chi connectivity index (χ3v) is 7.18. The predicted molar refractivity (Wildman–Crippen MR) is 111 cm³/mol. The fourth-order valence-corrected chi connectivity index (χ4v) is 5.06. The summed E-state index contributed by atoms with van der Waals surface area (Å²) in [4.78, 5) is 12.8. The van der Waals surface area contributed by atoms with Crippen molar-refractivity contribution in [2.75, 3.05) is 18.4 Å². The molecule has 2 aromatic carbocycles. The summed E-state index contributed by atoms with van der Waals surface area (Å²) in [6.45, 7) is 2.54. The number of benzene rings is 2. The number of amides is 1. The first-order chi connectivity index (χ1) is 14.8. The van der Waals surface area contributed by atoms with E-state index in [-0.39, 0.29) is 21.2 Å². The van der Waals surface area contributed by atoms with E-state index in [0.29, 0.717) is 24.6 Å². The number of anilines is 1. The van der Waals surface area contributed by atoms with Crippen LogP contribution in [0.5, 0.6) is 0 Å². The van der Waals surface area contributed by atoms with Gasteiger partial charge in [-0.05, 0) is 66.6 Å². The summed E-state index contributed by atoms with van der Waals surface area (Å²) in [7, 11) is -3.74. The van der Waals surface area contributed by atoms with Crippen LogP contribution in [0.15, 0.2) is 41.3 Å². The van der Waals surface area contributed by atoms with E-state index in [9.17, 15) is 17.6 Å². The molecule has 1 saturated heterocycles. The van der Waals surface area contributed by atoms with Gasteiger partial charge in [0.2, 0.25) is 10.0 Å².